The summed E-state index contributed by atoms with van der Waals surface area (Å²) in [6.45, 7) is 1.98. The third-order valence-corrected chi connectivity index (χ3v) is 4.33. The van der Waals surface area contributed by atoms with Crippen molar-refractivity contribution in [1.29, 1.82) is 0 Å². The lowest BCUT2D eigenvalue weighted by atomic mass is 10.1. The van der Waals surface area contributed by atoms with Gasteiger partial charge in [0.05, 0.1) is 0 Å². The monoisotopic (exact) mass is 244 g/mol. The molecule has 0 aliphatic heterocycles. The normalized spacial score (nSPS) is 26.7. The molecule has 3 unspecified atom stereocenters. The minimum Gasteiger partial charge on any atom is -0.352 e. The molecule has 0 spiro atoms. The van der Waals surface area contributed by atoms with E-state index in [0.717, 1.165) is 19.3 Å². The highest BCUT2D eigenvalue weighted by Crippen LogP contribution is 2.28. The van der Waals surface area contributed by atoms with Crippen molar-refractivity contribution in [3.05, 3.63) is 0 Å². The topological polar surface area (TPSA) is 55.1 Å². The molecule has 3 nitrogen and oxygen atoms in total. The zero-order valence-electron chi connectivity index (χ0n) is 10.4. The summed E-state index contributed by atoms with van der Waals surface area (Å²) in [5, 5.41) is 3.78. The molecular weight excluding hydrogens is 220 g/mol. The lowest BCUT2D eigenvalue weighted by Gasteiger charge is -2.19. The van der Waals surface area contributed by atoms with Gasteiger partial charge in [-0.25, -0.2) is 0 Å². The molecule has 3 atom stereocenters. The Morgan fingerprint density at radius 1 is 1.56 bits per heavy atom. The standard InChI is InChI=1S/C12H24N2OS/c1-9(13)5-3-8-12(15)14-10-6-4-7-11(10)16-2/h9-11H,3-8,13H2,1-2H3,(H,14,15). The van der Waals surface area contributed by atoms with E-state index >= 15 is 0 Å². The highest BCUT2D eigenvalue weighted by Gasteiger charge is 2.27. The van der Waals surface area contributed by atoms with Gasteiger partial charge in [0.25, 0.3) is 0 Å². The highest BCUT2D eigenvalue weighted by atomic mass is 32.2. The third kappa shape index (κ3) is 4.74. The van der Waals surface area contributed by atoms with Crippen LogP contribution in [0.1, 0.15) is 45.4 Å². The number of amides is 1. The van der Waals surface area contributed by atoms with Gasteiger partial charge in [0.15, 0.2) is 0 Å². The summed E-state index contributed by atoms with van der Waals surface area (Å²) in [4.78, 5) is 11.7. The van der Waals surface area contributed by atoms with Crippen molar-refractivity contribution in [3.63, 3.8) is 0 Å². The molecule has 0 aromatic heterocycles. The largest absolute Gasteiger partial charge is 0.352 e. The van der Waals surface area contributed by atoms with Crippen LogP contribution >= 0.6 is 11.8 Å². The van der Waals surface area contributed by atoms with E-state index in [1.54, 1.807) is 0 Å². The predicted octanol–water partition coefficient (Wildman–Crippen LogP) is 1.90. The van der Waals surface area contributed by atoms with Crippen molar-refractivity contribution in [2.75, 3.05) is 6.26 Å². The molecule has 16 heavy (non-hydrogen) atoms. The van der Waals surface area contributed by atoms with E-state index in [-0.39, 0.29) is 11.9 Å². The summed E-state index contributed by atoms with van der Waals surface area (Å²) in [5.41, 5.74) is 5.65. The second kappa shape index (κ2) is 7.17. The number of thioether (sulfide) groups is 1. The minimum absolute atomic E-state index is 0.201. The Morgan fingerprint density at radius 3 is 2.94 bits per heavy atom. The van der Waals surface area contributed by atoms with Crippen LogP contribution in [0.3, 0.4) is 0 Å². The van der Waals surface area contributed by atoms with Gasteiger partial charge in [-0.3, -0.25) is 4.79 Å². The van der Waals surface area contributed by atoms with Gasteiger partial charge in [-0.15, -0.1) is 0 Å². The van der Waals surface area contributed by atoms with Crippen LogP contribution in [0.15, 0.2) is 0 Å². The summed E-state index contributed by atoms with van der Waals surface area (Å²) >= 11 is 1.88. The van der Waals surface area contributed by atoms with Crippen molar-refractivity contribution in [2.24, 2.45) is 5.73 Å². The number of hydrogen-bond acceptors (Lipinski definition) is 3. The summed E-state index contributed by atoms with van der Waals surface area (Å²) in [6.07, 6.45) is 8.22. The van der Waals surface area contributed by atoms with Gasteiger partial charge in [0.2, 0.25) is 5.91 Å². The fraction of sp³-hybridized carbons (Fsp3) is 0.917. The van der Waals surface area contributed by atoms with Gasteiger partial charge in [0, 0.05) is 23.8 Å². The first-order valence-corrected chi connectivity index (χ1v) is 7.50. The molecule has 1 amide bonds. The van der Waals surface area contributed by atoms with Crippen LogP contribution in [0.5, 0.6) is 0 Å². The second-order valence-corrected chi connectivity index (χ2v) is 5.83. The van der Waals surface area contributed by atoms with Gasteiger partial charge in [-0.1, -0.05) is 6.42 Å². The molecule has 1 saturated carbocycles. The zero-order valence-corrected chi connectivity index (χ0v) is 11.2. The first-order chi connectivity index (χ1) is 7.63. The Labute approximate surface area is 103 Å². The molecule has 94 valence electrons. The fourth-order valence-electron chi connectivity index (χ4n) is 2.24. The Balaban J connectivity index is 2.18. The maximum Gasteiger partial charge on any atom is 0.220 e. The summed E-state index contributed by atoms with van der Waals surface area (Å²) in [7, 11) is 0. The van der Waals surface area contributed by atoms with Crippen LogP contribution < -0.4 is 11.1 Å². The molecule has 1 rings (SSSR count). The molecule has 3 N–H and O–H groups in total. The van der Waals surface area contributed by atoms with Crippen LogP contribution in [-0.4, -0.2) is 29.5 Å². The van der Waals surface area contributed by atoms with Crippen LogP contribution in [0.25, 0.3) is 0 Å². The summed E-state index contributed by atoms with van der Waals surface area (Å²) < 4.78 is 0. The molecule has 0 aromatic rings. The van der Waals surface area contributed by atoms with Gasteiger partial charge in [-0.2, -0.15) is 11.8 Å². The first kappa shape index (κ1) is 13.8. The predicted molar refractivity (Wildman–Crippen MR) is 70.6 cm³/mol. The summed E-state index contributed by atoms with van der Waals surface area (Å²) in [6, 6.07) is 0.607. The van der Waals surface area contributed by atoms with Crippen molar-refractivity contribution < 1.29 is 4.79 Å². The number of carbonyl (C=O) groups excluding carboxylic acids is 1. The van der Waals surface area contributed by atoms with Crippen LogP contribution in [0, 0.1) is 0 Å². The molecule has 0 radical (unpaired) electrons. The number of nitrogens with two attached hydrogens (primary N) is 1. The number of carbonyl (C=O) groups is 1. The molecule has 4 heteroatoms. The molecule has 1 fully saturated rings. The Morgan fingerprint density at radius 2 is 2.31 bits per heavy atom. The van der Waals surface area contributed by atoms with E-state index < -0.39 is 0 Å². The van der Waals surface area contributed by atoms with Crippen molar-refractivity contribution >= 4 is 17.7 Å². The van der Waals surface area contributed by atoms with Crippen LogP contribution in [0.2, 0.25) is 0 Å². The average Bonchev–Trinajstić information content (AvgIpc) is 2.64. The molecule has 0 heterocycles. The van der Waals surface area contributed by atoms with Crippen molar-refractivity contribution in [2.45, 2.75) is 62.8 Å². The number of rotatable bonds is 6. The molecule has 0 aromatic carbocycles. The third-order valence-electron chi connectivity index (χ3n) is 3.16. The highest BCUT2D eigenvalue weighted by molar-refractivity contribution is 7.99. The van der Waals surface area contributed by atoms with Crippen LogP contribution in [0.4, 0.5) is 0 Å². The molecule has 1 aliphatic rings. The fourth-order valence-corrected chi connectivity index (χ4v) is 3.17. The Bertz CT molecular complexity index is 221. The van der Waals surface area contributed by atoms with Crippen molar-refractivity contribution in [3.8, 4) is 0 Å². The molecule has 0 bridgehead atoms. The molecule has 0 saturated heterocycles. The van der Waals surface area contributed by atoms with Crippen molar-refractivity contribution in [1.82, 2.24) is 5.32 Å². The van der Waals surface area contributed by atoms with Crippen LogP contribution in [-0.2, 0) is 4.79 Å². The van der Waals surface area contributed by atoms with Gasteiger partial charge in [-0.05, 0) is 38.9 Å². The lowest BCUT2D eigenvalue weighted by molar-refractivity contribution is -0.121. The first-order valence-electron chi connectivity index (χ1n) is 6.21. The SMILES string of the molecule is CSC1CCCC1NC(=O)CCCC(C)N. The van der Waals surface area contributed by atoms with E-state index in [4.69, 9.17) is 5.73 Å². The Hall–Kier alpha value is -0.220. The lowest BCUT2D eigenvalue weighted by Crippen LogP contribution is -2.38. The molecular formula is C12H24N2OS. The Kier molecular flexibility index (Phi) is 6.21. The van der Waals surface area contributed by atoms with E-state index in [0.29, 0.717) is 17.7 Å². The van der Waals surface area contributed by atoms with Gasteiger partial charge in [0.1, 0.15) is 0 Å². The van der Waals surface area contributed by atoms with Gasteiger partial charge >= 0.3 is 0 Å². The quantitative estimate of drug-likeness (QED) is 0.750. The number of hydrogen-bond donors (Lipinski definition) is 2. The van der Waals surface area contributed by atoms with E-state index in [1.165, 1.54) is 12.8 Å². The van der Waals surface area contributed by atoms with Gasteiger partial charge < -0.3 is 11.1 Å². The second-order valence-electron chi connectivity index (χ2n) is 4.75. The van der Waals surface area contributed by atoms with E-state index in [9.17, 15) is 4.79 Å². The van der Waals surface area contributed by atoms with E-state index in [1.807, 2.05) is 18.7 Å². The number of nitrogens with one attached hydrogen (secondary N) is 1. The zero-order chi connectivity index (χ0) is 12.0. The minimum atomic E-state index is 0.201. The maximum absolute atomic E-state index is 11.7. The van der Waals surface area contributed by atoms with E-state index in [2.05, 4.69) is 11.6 Å². The average molecular weight is 244 g/mol. The molecule has 1 aliphatic carbocycles. The summed E-state index contributed by atoms with van der Waals surface area (Å²) in [5.74, 6) is 0.201. The maximum atomic E-state index is 11.7. The smallest absolute Gasteiger partial charge is 0.220 e.